The Morgan fingerprint density at radius 3 is 2.58 bits per heavy atom. The number of unbranched alkanes of at least 4 members (excludes halogenated alkanes) is 1. The van der Waals surface area contributed by atoms with E-state index in [1.807, 2.05) is 35.2 Å². The van der Waals surface area contributed by atoms with E-state index in [1.54, 1.807) is 0 Å². The second-order valence-corrected chi connectivity index (χ2v) is 6.37. The van der Waals surface area contributed by atoms with Crippen molar-refractivity contribution in [2.24, 2.45) is 0 Å². The first-order valence-corrected chi connectivity index (χ1v) is 8.85. The summed E-state index contributed by atoms with van der Waals surface area (Å²) in [6.45, 7) is 4.50. The van der Waals surface area contributed by atoms with Crippen molar-refractivity contribution in [3.05, 3.63) is 65.7 Å². The van der Waals surface area contributed by atoms with Gasteiger partial charge < -0.3 is 9.64 Å². The molecule has 0 saturated carbocycles. The number of likely N-dealkylation sites (tertiary alicyclic amines) is 1. The lowest BCUT2D eigenvalue weighted by atomic mass is 9.99. The SMILES string of the molecule is CCCCOc1ccc(C(=O)N2CCC(c3ccccc3)C2)cc1. The summed E-state index contributed by atoms with van der Waals surface area (Å²) in [7, 11) is 0. The molecule has 3 nitrogen and oxygen atoms in total. The zero-order chi connectivity index (χ0) is 16.8. The third-order valence-corrected chi connectivity index (χ3v) is 4.61. The Morgan fingerprint density at radius 1 is 1.12 bits per heavy atom. The lowest BCUT2D eigenvalue weighted by molar-refractivity contribution is 0.0791. The Balaban J connectivity index is 1.59. The molecule has 1 aliphatic rings. The molecule has 2 aromatic rings. The fraction of sp³-hybridized carbons (Fsp3) is 0.381. The van der Waals surface area contributed by atoms with Crippen molar-refractivity contribution in [2.75, 3.05) is 19.7 Å². The summed E-state index contributed by atoms with van der Waals surface area (Å²) < 4.78 is 5.66. The number of hydrogen-bond acceptors (Lipinski definition) is 2. The topological polar surface area (TPSA) is 29.5 Å². The summed E-state index contributed by atoms with van der Waals surface area (Å²) in [6.07, 6.45) is 3.21. The molecule has 1 fully saturated rings. The summed E-state index contributed by atoms with van der Waals surface area (Å²) in [5.41, 5.74) is 2.07. The number of hydrogen-bond donors (Lipinski definition) is 0. The lowest BCUT2D eigenvalue weighted by Gasteiger charge is -2.17. The average Bonchev–Trinajstić information content (AvgIpc) is 3.13. The highest BCUT2D eigenvalue weighted by Crippen LogP contribution is 2.28. The molecule has 0 bridgehead atoms. The predicted octanol–water partition coefficient (Wildman–Crippen LogP) is 4.50. The Bertz CT molecular complexity index is 651. The van der Waals surface area contributed by atoms with Gasteiger partial charge in [-0.15, -0.1) is 0 Å². The fourth-order valence-corrected chi connectivity index (χ4v) is 3.15. The number of carbonyl (C=O) groups excluding carboxylic acids is 1. The molecule has 1 heterocycles. The summed E-state index contributed by atoms with van der Waals surface area (Å²) in [5, 5.41) is 0. The molecule has 0 aliphatic carbocycles. The van der Waals surface area contributed by atoms with E-state index in [2.05, 4.69) is 31.2 Å². The minimum Gasteiger partial charge on any atom is -0.494 e. The van der Waals surface area contributed by atoms with Crippen LogP contribution >= 0.6 is 0 Å². The van der Waals surface area contributed by atoms with E-state index < -0.39 is 0 Å². The summed E-state index contributed by atoms with van der Waals surface area (Å²) >= 11 is 0. The van der Waals surface area contributed by atoms with Crippen LogP contribution in [0.15, 0.2) is 54.6 Å². The van der Waals surface area contributed by atoms with Crippen molar-refractivity contribution in [1.29, 1.82) is 0 Å². The molecular formula is C21H25NO2. The number of ether oxygens (including phenoxy) is 1. The molecule has 2 aromatic carbocycles. The van der Waals surface area contributed by atoms with Crippen molar-refractivity contribution in [3.8, 4) is 5.75 Å². The molecule has 1 unspecified atom stereocenters. The third kappa shape index (κ3) is 3.97. The minimum atomic E-state index is 0.119. The van der Waals surface area contributed by atoms with Crippen molar-refractivity contribution in [1.82, 2.24) is 4.90 Å². The van der Waals surface area contributed by atoms with Gasteiger partial charge in [-0.3, -0.25) is 4.79 Å². The Kier molecular flexibility index (Phi) is 5.52. The molecule has 1 aliphatic heterocycles. The van der Waals surface area contributed by atoms with Crippen LogP contribution in [0.4, 0.5) is 0 Å². The maximum Gasteiger partial charge on any atom is 0.253 e. The van der Waals surface area contributed by atoms with Crippen LogP contribution in [0.25, 0.3) is 0 Å². The van der Waals surface area contributed by atoms with Gasteiger partial charge in [-0.05, 0) is 42.7 Å². The summed E-state index contributed by atoms with van der Waals surface area (Å²) in [4.78, 5) is 14.6. The van der Waals surface area contributed by atoms with E-state index in [0.29, 0.717) is 5.92 Å². The third-order valence-electron chi connectivity index (χ3n) is 4.61. The molecule has 3 rings (SSSR count). The van der Waals surface area contributed by atoms with Gasteiger partial charge in [-0.2, -0.15) is 0 Å². The lowest BCUT2D eigenvalue weighted by Crippen LogP contribution is -2.28. The number of benzene rings is 2. The van der Waals surface area contributed by atoms with E-state index in [-0.39, 0.29) is 5.91 Å². The Hall–Kier alpha value is -2.29. The first-order chi connectivity index (χ1) is 11.8. The van der Waals surface area contributed by atoms with Gasteiger partial charge in [0.25, 0.3) is 5.91 Å². The van der Waals surface area contributed by atoms with Crippen LogP contribution in [0.3, 0.4) is 0 Å². The quantitative estimate of drug-likeness (QED) is 0.733. The molecular weight excluding hydrogens is 298 g/mol. The highest BCUT2D eigenvalue weighted by molar-refractivity contribution is 5.94. The van der Waals surface area contributed by atoms with Crippen molar-refractivity contribution in [3.63, 3.8) is 0 Å². The molecule has 0 radical (unpaired) electrons. The highest BCUT2D eigenvalue weighted by atomic mass is 16.5. The van der Waals surface area contributed by atoms with Crippen molar-refractivity contribution >= 4 is 5.91 Å². The molecule has 126 valence electrons. The standard InChI is InChI=1S/C21H25NO2/c1-2-3-15-24-20-11-9-18(10-12-20)21(23)22-14-13-19(16-22)17-7-5-4-6-8-17/h4-12,19H,2-3,13-16H2,1H3. The molecule has 1 saturated heterocycles. The molecule has 1 atom stereocenters. The second kappa shape index (κ2) is 8.00. The molecule has 0 N–H and O–H groups in total. The maximum atomic E-state index is 12.7. The first kappa shape index (κ1) is 16.6. The van der Waals surface area contributed by atoms with Crippen molar-refractivity contribution < 1.29 is 9.53 Å². The van der Waals surface area contributed by atoms with E-state index in [4.69, 9.17) is 4.74 Å². The summed E-state index contributed by atoms with van der Waals surface area (Å²) in [6, 6.07) is 18.0. The smallest absolute Gasteiger partial charge is 0.253 e. The summed E-state index contributed by atoms with van der Waals surface area (Å²) in [5.74, 6) is 1.41. The number of nitrogens with zero attached hydrogens (tertiary/aromatic N) is 1. The van der Waals surface area contributed by atoms with E-state index in [1.165, 1.54) is 5.56 Å². The van der Waals surface area contributed by atoms with E-state index in [9.17, 15) is 4.79 Å². The van der Waals surface area contributed by atoms with Gasteiger partial charge in [-0.1, -0.05) is 43.7 Å². The van der Waals surface area contributed by atoms with Gasteiger partial charge in [-0.25, -0.2) is 0 Å². The van der Waals surface area contributed by atoms with Crippen LogP contribution in [0.1, 0.15) is 48.0 Å². The van der Waals surface area contributed by atoms with Gasteiger partial charge in [0.05, 0.1) is 6.61 Å². The normalized spacial score (nSPS) is 17.0. The largest absolute Gasteiger partial charge is 0.494 e. The maximum absolute atomic E-state index is 12.7. The van der Waals surface area contributed by atoms with Crippen LogP contribution in [-0.4, -0.2) is 30.5 Å². The monoisotopic (exact) mass is 323 g/mol. The number of amides is 1. The molecule has 1 amide bonds. The van der Waals surface area contributed by atoms with E-state index >= 15 is 0 Å². The van der Waals surface area contributed by atoms with Crippen molar-refractivity contribution in [2.45, 2.75) is 32.1 Å². The molecule has 24 heavy (non-hydrogen) atoms. The fourth-order valence-electron chi connectivity index (χ4n) is 3.15. The Morgan fingerprint density at radius 2 is 1.88 bits per heavy atom. The van der Waals surface area contributed by atoms with Crippen LogP contribution in [0.2, 0.25) is 0 Å². The van der Waals surface area contributed by atoms with Gasteiger partial charge in [0, 0.05) is 24.6 Å². The number of rotatable bonds is 6. The van der Waals surface area contributed by atoms with Crippen LogP contribution in [0, 0.1) is 0 Å². The molecule has 0 spiro atoms. The average molecular weight is 323 g/mol. The molecule has 0 aromatic heterocycles. The predicted molar refractivity (Wildman–Crippen MR) is 96.5 cm³/mol. The van der Waals surface area contributed by atoms with Crippen LogP contribution in [-0.2, 0) is 0 Å². The van der Waals surface area contributed by atoms with Gasteiger partial charge in [0.15, 0.2) is 0 Å². The first-order valence-electron chi connectivity index (χ1n) is 8.85. The Labute approximate surface area is 144 Å². The van der Waals surface area contributed by atoms with Gasteiger partial charge in [0.2, 0.25) is 0 Å². The van der Waals surface area contributed by atoms with Crippen LogP contribution < -0.4 is 4.74 Å². The molecule has 3 heteroatoms. The zero-order valence-electron chi connectivity index (χ0n) is 14.3. The zero-order valence-corrected chi connectivity index (χ0v) is 14.3. The number of carbonyl (C=O) groups is 1. The van der Waals surface area contributed by atoms with Gasteiger partial charge >= 0.3 is 0 Å². The highest BCUT2D eigenvalue weighted by Gasteiger charge is 2.27. The van der Waals surface area contributed by atoms with E-state index in [0.717, 1.165) is 50.3 Å². The van der Waals surface area contributed by atoms with Gasteiger partial charge in [0.1, 0.15) is 5.75 Å². The van der Waals surface area contributed by atoms with Crippen LogP contribution in [0.5, 0.6) is 5.75 Å². The minimum absolute atomic E-state index is 0.119. The second-order valence-electron chi connectivity index (χ2n) is 6.37.